The van der Waals surface area contributed by atoms with Crippen molar-refractivity contribution in [2.24, 2.45) is 0 Å². The molecule has 8 nitrogen and oxygen atoms in total. The van der Waals surface area contributed by atoms with Gasteiger partial charge in [0.25, 0.3) is 0 Å². The molecule has 3 aromatic rings. The quantitative estimate of drug-likeness (QED) is 0.192. The van der Waals surface area contributed by atoms with Crippen molar-refractivity contribution in [3.05, 3.63) is 68.2 Å². The van der Waals surface area contributed by atoms with Crippen LogP contribution >= 0.6 is 31.9 Å². The summed E-state index contributed by atoms with van der Waals surface area (Å²) in [7, 11) is 2.78. The van der Waals surface area contributed by atoms with Crippen molar-refractivity contribution in [2.45, 2.75) is 53.4 Å². The van der Waals surface area contributed by atoms with Gasteiger partial charge in [-0.05, 0) is 85.3 Å². The van der Waals surface area contributed by atoms with Crippen molar-refractivity contribution in [2.75, 3.05) is 14.2 Å². The molecule has 0 aliphatic carbocycles. The monoisotopic (exact) mass is 756 g/mol. The maximum atomic E-state index is 12.1. The Morgan fingerprint density at radius 3 is 1.88 bits per heavy atom. The minimum Gasteiger partial charge on any atom is -0.657 e. The Hall–Kier alpha value is -2.88. The number of aromatic nitrogens is 4. The number of esters is 2. The zero-order valence-electron chi connectivity index (χ0n) is 25.0. The number of methoxy groups -OCH3 is 2. The normalized spacial score (nSPS) is 12.8. The van der Waals surface area contributed by atoms with Gasteiger partial charge in [0.15, 0.2) is 0 Å². The molecule has 0 spiro atoms. The smallest absolute Gasteiger partial charge is 0.657 e. The van der Waals surface area contributed by atoms with Gasteiger partial charge < -0.3 is 19.4 Å². The SMILES string of the molecule is COC(=O)CCC1=C(C)c2cc3[n-]c(cc4nc(cc5[n-]c(cc1n2)c(CCC(=O)OC)c5C)C(Br)=C4C)c(Br)c3C.[Zn+2]. The van der Waals surface area contributed by atoms with Gasteiger partial charge in [-0.1, -0.05) is 44.8 Å². The summed E-state index contributed by atoms with van der Waals surface area (Å²) in [6.07, 6.45) is 1.37. The third-order valence-electron chi connectivity index (χ3n) is 7.84. The third kappa shape index (κ3) is 6.49. The van der Waals surface area contributed by atoms with Gasteiger partial charge in [-0.3, -0.25) is 9.59 Å². The molecule has 0 aromatic carbocycles. The molecule has 43 heavy (non-hydrogen) atoms. The molecular weight excluding hydrogens is 730 g/mol. The molecule has 0 N–H and O–H groups in total. The van der Waals surface area contributed by atoms with Gasteiger partial charge >= 0.3 is 31.4 Å². The maximum absolute atomic E-state index is 12.1. The molecule has 2 aliphatic rings. The number of carbonyl (C=O) groups excluding carboxylic acids is 2. The summed E-state index contributed by atoms with van der Waals surface area (Å²) in [6.45, 7) is 8.05. The number of aryl methyl sites for hydroxylation is 3. The minimum absolute atomic E-state index is 0. The van der Waals surface area contributed by atoms with Crippen molar-refractivity contribution >= 4 is 87.1 Å². The fourth-order valence-electron chi connectivity index (χ4n) is 5.19. The van der Waals surface area contributed by atoms with E-state index in [-0.39, 0.29) is 44.3 Å². The number of ether oxygens (including phenoxy) is 2. The number of hydrogen-bond acceptors (Lipinski definition) is 6. The van der Waals surface area contributed by atoms with Gasteiger partial charge in [0.1, 0.15) is 0 Å². The fraction of sp³-hybridized carbons (Fsp3) is 0.312. The topological polar surface area (TPSA) is 107 Å². The second-order valence-corrected chi connectivity index (χ2v) is 11.9. The van der Waals surface area contributed by atoms with E-state index in [2.05, 4.69) is 31.9 Å². The van der Waals surface area contributed by atoms with Crippen LogP contribution in [-0.4, -0.2) is 36.1 Å². The maximum Gasteiger partial charge on any atom is 2.00 e. The van der Waals surface area contributed by atoms with Crippen LogP contribution in [0, 0.1) is 13.8 Å². The van der Waals surface area contributed by atoms with E-state index in [0.717, 1.165) is 87.2 Å². The molecule has 5 heterocycles. The molecule has 0 amide bonds. The summed E-state index contributed by atoms with van der Waals surface area (Å²) in [4.78, 5) is 44.0. The third-order valence-corrected chi connectivity index (χ3v) is 9.84. The van der Waals surface area contributed by atoms with E-state index in [1.54, 1.807) is 0 Å². The van der Waals surface area contributed by atoms with Crippen molar-refractivity contribution in [1.29, 1.82) is 0 Å². The predicted molar refractivity (Wildman–Crippen MR) is 172 cm³/mol. The first-order chi connectivity index (χ1) is 20.0. The second kappa shape index (κ2) is 13.4. The van der Waals surface area contributed by atoms with E-state index in [0.29, 0.717) is 12.8 Å². The van der Waals surface area contributed by atoms with Crippen molar-refractivity contribution in [3.8, 4) is 0 Å². The van der Waals surface area contributed by atoms with E-state index in [1.807, 2.05) is 52.0 Å². The molecule has 0 radical (unpaired) electrons. The van der Waals surface area contributed by atoms with Crippen LogP contribution in [0.15, 0.2) is 28.7 Å². The van der Waals surface area contributed by atoms with Crippen LogP contribution in [0.2, 0.25) is 0 Å². The van der Waals surface area contributed by atoms with E-state index in [9.17, 15) is 9.59 Å². The number of halogens is 2. The van der Waals surface area contributed by atoms with Gasteiger partial charge in [-0.25, -0.2) is 9.97 Å². The Morgan fingerprint density at radius 1 is 0.698 bits per heavy atom. The Bertz CT molecular complexity index is 1870. The summed E-state index contributed by atoms with van der Waals surface area (Å²) < 4.78 is 11.6. The standard InChI is InChI=1S/C32H30Br2N4O4.Zn/c1-15-19(7-9-29(39)41-5)25-14-26-20(8-10-30(40)42-6)16(2)22(36-26)12-27-32(34)18(4)24(38-27)13-28-31(33)17(3)23(37-28)11-21(15)35-25;/h11-14H,7-10H2,1-6H3;/q-2;+2. The molecule has 11 heteroatoms. The summed E-state index contributed by atoms with van der Waals surface area (Å²) >= 11 is 7.47. The van der Waals surface area contributed by atoms with Gasteiger partial charge in [-0.15, -0.1) is 22.1 Å². The van der Waals surface area contributed by atoms with Crippen molar-refractivity contribution < 1.29 is 38.5 Å². The van der Waals surface area contributed by atoms with E-state index in [4.69, 9.17) is 29.4 Å². The first-order valence-electron chi connectivity index (χ1n) is 13.5. The Morgan fingerprint density at radius 2 is 1.21 bits per heavy atom. The van der Waals surface area contributed by atoms with Crippen molar-refractivity contribution in [1.82, 2.24) is 19.9 Å². The van der Waals surface area contributed by atoms with E-state index < -0.39 is 0 Å². The first-order valence-corrected chi connectivity index (χ1v) is 15.1. The Kier molecular flexibility index (Phi) is 10.3. The summed E-state index contributed by atoms with van der Waals surface area (Å²) in [6, 6.07) is 7.86. The number of carbonyl (C=O) groups is 2. The molecule has 0 fully saturated rings. The number of fused-ring (bicyclic) bond motifs is 8. The average molecular weight is 760 g/mol. The van der Waals surface area contributed by atoms with Gasteiger partial charge in [0, 0.05) is 21.8 Å². The number of allylic oxidation sites excluding steroid dienone is 3. The second-order valence-electron chi connectivity index (χ2n) is 10.3. The molecule has 8 bridgehead atoms. The van der Waals surface area contributed by atoms with Crippen LogP contribution in [-0.2, 0) is 45.0 Å². The Labute approximate surface area is 279 Å². The van der Waals surface area contributed by atoms with Gasteiger partial charge in [0.2, 0.25) is 0 Å². The molecule has 218 valence electrons. The van der Waals surface area contributed by atoms with Crippen LogP contribution in [0.3, 0.4) is 0 Å². The number of hydrogen-bond donors (Lipinski definition) is 0. The van der Waals surface area contributed by atoms with Crippen LogP contribution in [0.1, 0.15) is 72.6 Å². The molecule has 0 saturated carbocycles. The van der Waals surface area contributed by atoms with E-state index >= 15 is 0 Å². The molecule has 2 aliphatic heterocycles. The van der Waals surface area contributed by atoms with E-state index in [1.165, 1.54) is 14.2 Å². The van der Waals surface area contributed by atoms with Crippen LogP contribution in [0.4, 0.5) is 0 Å². The summed E-state index contributed by atoms with van der Waals surface area (Å²) in [5, 5.41) is 0. The zero-order valence-corrected chi connectivity index (χ0v) is 31.2. The predicted octanol–water partition coefficient (Wildman–Crippen LogP) is 7.22. The summed E-state index contributed by atoms with van der Waals surface area (Å²) in [5.74, 6) is -0.578. The minimum atomic E-state index is -0.289. The Balaban J connectivity index is 0.00000423. The summed E-state index contributed by atoms with van der Waals surface area (Å²) in [5.41, 5.74) is 11.9. The van der Waals surface area contributed by atoms with Crippen LogP contribution in [0.25, 0.3) is 43.3 Å². The first kappa shape index (κ1) is 33.0. The van der Waals surface area contributed by atoms with Crippen LogP contribution in [0.5, 0.6) is 0 Å². The van der Waals surface area contributed by atoms with Gasteiger partial charge in [0.05, 0.1) is 37.0 Å². The fourth-order valence-corrected chi connectivity index (χ4v) is 6.00. The molecule has 0 unspecified atom stereocenters. The number of rotatable bonds is 6. The molecule has 0 saturated heterocycles. The average Bonchev–Trinajstić information content (AvgIpc) is 3.61. The number of nitrogens with zero attached hydrogens (tertiary/aromatic N) is 4. The molecule has 3 aromatic heterocycles. The largest absolute Gasteiger partial charge is 2.00 e. The van der Waals surface area contributed by atoms with Crippen molar-refractivity contribution in [3.63, 3.8) is 0 Å². The zero-order chi connectivity index (χ0) is 30.3. The molecule has 5 rings (SSSR count). The molecule has 0 atom stereocenters. The van der Waals surface area contributed by atoms with Gasteiger partial charge in [-0.2, -0.15) is 0 Å². The molecular formula is C32H30Br2N4O4Zn. The van der Waals surface area contributed by atoms with Crippen LogP contribution < -0.4 is 9.97 Å².